The average molecular weight is 323 g/mol. The molecule has 2 N–H and O–H groups in total. The number of hydrogen-bond acceptors (Lipinski definition) is 5. The molecule has 0 aliphatic rings. The van der Waals surface area contributed by atoms with Crippen LogP contribution in [0.5, 0.6) is 5.75 Å². The maximum Gasteiger partial charge on any atom is 0.456 e. The van der Waals surface area contributed by atoms with E-state index < -0.39 is 19.8 Å². The first kappa shape index (κ1) is 16.9. The topological polar surface area (TPSA) is 97.8 Å². The van der Waals surface area contributed by atoms with E-state index in [1.807, 2.05) is 0 Å². The number of ether oxygens (including phenoxy) is 1. The summed E-state index contributed by atoms with van der Waals surface area (Å²) in [5.74, 6) is -0.637. The first-order valence-electron chi connectivity index (χ1n) is 5.81. The van der Waals surface area contributed by atoms with Crippen LogP contribution >= 0.6 is 19.3 Å². The maximum atomic E-state index is 11.8. The molecule has 1 aromatic heterocycles. The van der Waals surface area contributed by atoms with Crippen molar-refractivity contribution in [2.24, 2.45) is 0 Å². The number of carbonyl (C=O) groups is 1. The van der Waals surface area contributed by atoms with E-state index >= 15 is 0 Å². The number of esters is 1. The van der Waals surface area contributed by atoms with E-state index in [-0.39, 0.29) is 16.9 Å². The van der Waals surface area contributed by atoms with Crippen molar-refractivity contribution in [3.8, 4) is 5.75 Å². The summed E-state index contributed by atoms with van der Waals surface area (Å²) in [6.45, 7) is 4.75. The normalized spacial score (nSPS) is 15.5. The molecule has 112 valence electrons. The van der Waals surface area contributed by atoms with Gasteiger partial charge < -0.3 is 14.2 Å². The van der Waals surface area contributed by atoms with Crippen LogP contribution in [0.1, 0.15) is 20.8 Å². The summed E-state index contributed by atoms with van der Waals surface area (Å²) in [6, 6.07) is 0.330. The van der Waals surface area contributed by atoms with E-state index in [9.17, 15) is 14.3 Å². The first-order valence-corrected chi connectivity index (χ1v) is 7.76. The summed E-state index contributed by atoms with van der Waals surface area (Å²) < 4.78 is 21.6. The number of carbonyl (C=O) groups excluding carboxylic acids is 1. The van der Waals surface area contributed by atoms with E-state index in [4.69, 9.17) is 20.9 Å². The molecular weight excluding hydrogens is 307 g/mol. The number of hydrogen-bond donors (Lipinski definition) is 2. The summed E-state index contributed by atoms with van der Waals surface area (Å²) in [6.07, 6.45) is 2.27. The third kappa shape index (κ3) is 5.88. The number of rotatable bonds is 6. The second-order valence-electron chi connectivity index (χ2n) is 4.29. The second-order valence-corrected chi connectivity index (χ2v) is 6.21. The molecule has 1 unspecified atom stereocenters. The molecule has 20 heavy (non-hydrogen) atoms. The molecule has 0 aliphatic carbocycles. The minimum Gasteiger partial charge on any atom is -0.462 e. The van der Waals surface area contributed by atoms with Crippen LogP contribution in [0.2, 0.25) is 5.02 Å². The van der Waals surface area contributed by atoms with Gasteiger partial charge in [-0.15, -0.1) is 0 Å². The van der Waals surface area contributed by atoms with E-state index in [2.05, 4.69) is 10.1 Å². The van der Waals surface area contributed by atoms with Gasteiger partial charge in [0.25, 0.3) is 0 Å². The molecule has 1 heterocycles. The Morgan fingerprint density at radius 3 is 2.65 bits per heavy atom. The molecule has 0 aromatic carbocycles. The lowest BCUT2D eigenvalue weighted by molar-refractivity contribution is -0.149. The molecular formula is C11H16ClN2O5P. The predicted molar refractivity (Wildman–Crippen MR) is 73.5 cm³/mol. The third-order valence-corrected chi connectivity index (χ3v) is 3.35. The molecule has 0 radical (unpaired) electrons. The van der Waals surface area contributed by atoms with Crippen molar-refractivity contribution < 1.29 is 23.5 Å². The standard InChI is InChI=1S/C11H16ClN2O5P/c1-7(2)18-11(15)8(3)14-20(16,17)19-10-4-9(12)5-13-6-10/h4-8H,1-3H3,(H2,14,16,17)/t8-/m0/s1. The molecule has 0 saturated carbocycles. The Kier molecular flexibility index (Phi) is 5.95. The number of nitrogens with one attached hydrogen (secondary N) is 1. The van der Waals surface area contributed by atoms with Gasteiger partial charge in [-0.1, -0.05) is 11.6 Å². The molecule has 7 nitrogen and oxygen atoms in total. The van der Waals surface area contributed by atoms with E-state index in [0.717, 1.165) is 0 Å². The summed E-state index contributed by atoms with van der Waals surface area (Å²) in [5.41, 5.74) is 0. The molecule has 0 saturated heterocycles. The highest BCUT2D eigenvalue weighted by Crippen LogP contribution is 2.39. The molecule has 0 aliphatic heterocycles. The molecule has 0 amide bonds. The van der Waals surface area contributed by atoms with Crippen LogP contribution in [0, 0.1) is 0 Å². The van der Waals surface area contributed by atoms with Crippen molar-refractivity contribution in [3.63, 3.8) is 0 Å². The Bertz CT molecular complexity index is 525. The van der Waals surface area contributed by atoms with Crippen molar-refractivity contribution in [2.75, 3.05) is 0 Å². The highest BCUT2D eigenvalue weighted by atomic mass is 35.5. The molecule has 0 spiro atoms. The van der Waals surface area contributed by atoms with Crippen molar-refractivity contribution in [3.05, 3.63) is 23.5 Å². The van der Waals surface area contributed by atoms with E-state index in [1.54, 1.807) is 13.8 Å². The Labute approximate surface area is 121 Å². The maximum absolute atomic E-state index is 11.8. The summed E-state index contributed by atoms with van der Waals surface area (Å²) in [7, 11) is -4.24. The number of pyridine rings is 1. The van der Waals surface area contributed by atoms with E-state index in [0.29, 0.717) is 0 Å². The minimum atomic E-state index is -4.24. The van der Waals surface area contributed by atoms with Gasteiger partial charge in [-0.2, -0.15) is 5.09 Å². The molecule has 9 heteroatoms. The zero-order valence-electron chi connectivity index (χ0n) is 11.2. The smallest absolute Gasteiger partial charge is 0.456 e. The van der Waals surface area contributed by atoms with Gasteiger partial charge >= 0.3 is 13.7 Å². The Morgan fingerprint density at radius 2 is 2.10 bits per heavy atom. The van der Waals surface area contributed by atoms with Crippen molar-refractivity contribution in [1.29, 1.82) is 0 Å². The van der Waals surface area contributed by atoms with Crippen LogP contribution in [0.25, 0.3) is 0 Å². The Hall–Kier alpha value is -1.14. The monoisotopic (exact) mass is 322 g/mol. The van der Waals surface area contributed by atoms with Gasteiger partial charge in [0.1, 0.15) is 11.8 Å². The largest absolute Gasteiger partial charge is 0.462 e. The lowest BCUT2D eigenvalue weighted by atomic mass is 10.4. The van der Waals surface area contributed by atoms with Crippen LogP contribution in [0.15, 0.2) is 18.5 Å². The zero-order chi connectivity index (χ0) is 15.3. The fourth-order valence-electron chi connectivity index (χ4n) is 1.24. The van der Waals surface area contributed by atoms with Gasteiger partial charge in [0.15, 0.2) is 0 Å². The molecule has 0 fully saturated rings. The number of aromatic nitrogens is 1. The van der Waals surface area contributed by atoms with Gasteiger partial charge in [-0.05, 0) is 20.8 Å². The Balaban J connectivity index is 2.65. The van der Waals surface area contributed by atoms with Crippen LogP contribution in [0.4, 0.5) is 0 Å². The van der Waals surface area contributed by atoms with Crippen molar-refractivity contribution >= 4 is 25.3 Å². The highest BCUT2D eigenvalue weighted by Gasteiger charge is 2.28. The average Bonchev–Trinajstić information content (AvgIpc) is 2.26. The molecule has 1 rings (SSSR count). The van der Waals surface area contributed by atoms with Crippen LogP contribution < -0.4 is 9.61 Å². The van der Waals surface area contributed by atoms with Gasteiger partial charge in [0.05, 0.1) is 17.3 Å². The zero-order valence-corrected chi connectivity index (χ0v) is 12.9. The quantitative estimate of drug-likeness (QED) is 0.611. The minimum absolute atomic E-state index is 0.0141. The number of halogens is 1. The predicted octanol–water partition coefficient (Wildman–Crippen LogP) is 2.14. The molecule has 1 aromatic rings. The van der Waals surface area contributed by atoms with E-state index in [1.165, 1.54) is 25.4 Å². The lowest BCUT2D eigenvalue weighted by Crippen LogP contribution is -2.35. The van der Waals surface area contributed by atoms with Crippen molar-refractivity contribution in [2.45, 2.75) is 32.9 Å². The summed E-state index contributed by atoms with van der Waals surface area (Å²) >= 11 is 5.68. The first-order chi connectivity index (χ1) is 9.19. The number of nitrogens with zero attached hydrogens (tertiary/aromatic N) is 1. The lowest BCUT2D eigenvalue weighted by Gasteiger charge is -2.19. The van der Waals surface area contributed by atoms with Gasteiger partial charge in [-0.3, -0.25) is 9.78 Å². The summed E-state index contributed by atoms with van der Waals surface area (Å²) in [4.78, 5) is 24.9. The third-order valence-electron chi connectivity index (χ3n) is 1.97. The van der Waals surface area contributed by atoms with Crippen LogP contribution in [0.3, 0.4) is 0 Å². The van der Waals surface area contributed by atoms with Crippen LogP contribution in [-0.2, 0) is 14.1 Å². The fourth-order valence-corrected chi connectivity index (χ4v) is 2.44. The van der Waals surface area contributed by atoms with Gasteiger partial charge in [0.2, 0.25) is 0 Å². The molecule has 2 atom stereocenters. The molecule has 0 bridgehead atoms. The Morgan fingerprint density at radius 1 is 1.45 bits per heavy atom. The highest BCUT2D eigenvalue weighted by molar-refractivity contribution is 7.51. The van der Waals surface area contributed by atoms with Crippen LogP contribution in [-0.4, -0.2) is 28.0 Å². The van der Waals surface area contributed by atoms with Gasteiger partial charge in [-0.25, -0.2) is 4.57 Å². The fraction of sp³-hybridized carbons (Fsp3) is 0.455. The SMILES string of the molecule is CC(C)OC(=O)[C@H](C)NP(=O)(O)Oc1cncc(Cl)c1. The van der Waals surface area contributed by atoms with Gasteiger partial charge in [0, 0.05) is 12.3 Å². The van der Waals surface area contributed by atoms with Crippen molar-refractivity contribution in [1.82, 2.24) is 10.1 Å². The second kappa shape index (κ2) is 7.04. The summed E-state index contributed by atoms with van der Waals surface area (Å²) in [5, 5.41) is 2.43.